The van der Waals surface area contributed by atoms with Crippen LogP contribution < -0.4 is 5.32 Å². The predicted octanol–water partition coefficient (Wildman–Crippen LogP) is 6.42. The van der Waals surface area contributed by atoms with Crippen molar-refractivity contribution in [2.45, 2.75) is 36.8 Å². The number of nitrogens with zero attached hydrogens (tertiary/aromatic N) is 1. The van der Waals surface area contributed by atoms with E-state index in [0.717, 1.165) is 10.4 Å². The van der Waals surface area contributed by atoms with Gasteiger partial charge in [-0.25, -0.2) is 4.98 Å². The molecule has 3 aromatic rings. The molecule has 28 heavy (non-hydrogen) atoms. The Kier molecular flexibility index (Phi) is 6.80. The first-order chi connectivity index (χ1) is 13.4. The Hall–Kier alpha value is -2.25. The molecule has 0 saturated heterocycles. The zero-order valence-electron chi connectivity index (χ0n) is 15.5. The molecule has 0 unspecified atom stereocenters. The van der Waals surface area contributed by atoms with Crippen LogP contribution in [0.5, 0.6) is 0 Å². The van der Waals surface area contributed by atoms with Crippen molar-refractivity contribution in [2.24, 2.45) is 0 Å². The molecule has 0 spiro atoms. The van der Waals surface area contributed by atoms with E-state index in [-0.39, 0.29) is 5.91 Å². The van der Waals surface area contributed by atoms with Crippen molar-refractivity contribution < 1.29 is 13.6 Å². The van der Waals surface area contributed by atoms with Gasteiger partial charge in [0.05, 0.1) is 0 Å². The van der Waals surface area contributed by atoms with Gasteiger partial charge in [-0.1, -0.05) is 49.9 Å². The summed E-state index contributed by atoms with van der Waals surface area (Å²) in [5.41, 5.74) is 2.78. The average molecular weight is 419 g/mol. The van der Waals surface area contributed by atoms with E-state index in [4.69, 9.17) is 0 Å². The number of rotatable bonds is 7. The monoisotopic (exact) mass is 418 g/mol. The molecule has 1 N–H and O–H groups in total. The number of alkyl halides is 2. The van der Waals surface area contributed by atoms with E-state index in [9.17, 15) is 13.6 Å². The molecule has 1 amide bonds. The number of hydrogen-bond acceptors (Lipinski definition) is 4. The maximum atomic E-state index is 12.4. The number of aromatic nitrogens is 1. The van der Waals surface area contributed by atoms with Gasteiger partial charge in [0.2, 0.25) is 0 Å². The molecule has 0 aliphatic heterocycles. The molecule has 1 heterocycles. The molecule has 2 aromatic carbocycles. The van der Waals surface area contributed by atoms with Crippen LogP contribution in [0, 0.1) is 0 Å². The second-order valence-corrected chi connectivity index (χ2v) is 8.74. The molecule has 0 aliphatic carbocycles. The Morgan fingerprint density at radius 3 is 2.39 bits per heavy atom. The standard InChI is InChI=1S/C21H20F2N2OS2/c1-13(2)15-5-7-16(8-6-15)19(26)25-21-24-12-18(28-21)11-14-3-9-17(10-4-14)27-20(22)23/h3-10,12-13,20H,11H2,1-2H3,(H,24,25,26). The predicted molar refractivity (Wildman–Crippen MR) is 112 cm³/mol. The van der Waals surface area contributed by atoms with Gasteiger partial charge in [-0.05, 0) is 41.3 Å². The molecule has 0 radical (unpaired) electrons. The largest absolute Gasteiger partial charge is 0.298 e. The van der Waals surface area contributed by atoms with E-state index in [1.807, 2.05) is 36.4 Å². The number of carbonyl (C=O) groups excluding carboxylic acids is 1. The van der Waals surface area contributed by atoms with Crippen LogP contribution in [0.1, 0.15) is 46.1 Å². The van der Waals surface area contributed by atoms with Gasteiger partial charge in [-0.15, -0.1) is 11.3 Å². The van der Waals surface area contributed by atoms with Gasteiger partial charge < -0.3 is 0 Å². The summed E-state index contributed by atoms with van der Waals surface area (Å²) in [5, 5.41) is 3.37. The van der Waals surface area contributed by atoms with E-state index >= 15 is 0 Å². The lowest BCUT2D eigenvalue weighted by Crippen LogP contribution is -2.11. The number of benzene rings is 2. The maximum absolute atomic E-state index is 12.4. The van der Waals surface area contributed by atoms with Crippen molar-refractivity contribution in [3.8, 4) is 0 Å². The van der Waals surface area contributed by atoms with E-state index in [1.54, 1.807) is 18.3 Å². The SMILES string of the molecule is CC(C)c1ccc(C(=O)Nc2ncc(Cc3ccc(SC(F)F)cc3)s2)cc1. The van der Waals surface area contributed by atoms with Crippen LogP contribution in [0.4, 0.5) is 13.9 Å². The number of carbonyl (C=O) groups is 1. The van der Waals surface area contributed by atoms with E-state index in [1.165, 1.54) is 16.9 Å². The normalized spacial score (nSPS) is 11.2. The molecule has 146 valence electrons. The highest BCUT2D eigenvalue weighted by Crippen LogP contribution is 2.27. The highest BCUT2D eigenvalue weighted by molar-refractivity contribution is 7.99. The fourth-order valence-corrected chi connectivity index (χ4v) is 3.97. The minimum Gasteiger partial charge on any atom is -0.298 e. The van der Waals surface area contributed by atoms with Crippen molar-refractivity contribution >= 4 is 34.1 Å². The smallest absolute Gasteiger partial charge is 0.288 e. The summed E-state index contributed by atoms with van der Waals surface area (Å²) in [4.78, 5) is 18.2. The molecular weight excluding hydrogens is 398 g/mol. The number of hydrogen-bond donors (Lipinski definition) is 1. The second-order valence-electron chi connectivity index (χ2n) is 6.56. The highest BCUT2D eigenvalue weighted by atomic mass is 32.2. The molecule has 0 bridgehead atoms. The first-order valence-corrected chi connectivity index (χ1v) is 10.5. The van der Waals surface area contributed by atoms with Crippen LogP contribution in [0.25, 0.3) is 0 Å². The number of nitrogens with one attached hydrogen (secondary N) is 1. The van der Waals surface area contributed by atoms with Crippen molar-refractivity contribution in [3.63, 3.8) is 0 Å². The van der Waals surface area contributed by atoms with Crippen molar-refractivity contribution in [2.75, 3.05) is 5.32 Å². The van der Waals surface area contributed by atoms with Crippen LogP contribution in [-0.4, -0.2) is 16.6 Å². The maximum Gasteiger partial charge on any atom is 0.288 e. The third-order valence-electron chi connectivity index (χ3n) is 4.14. The molecule has 7 heteroatoms. The van der Waals surface area contributed by atoms with Crippen molar-refractivity contribution in [3.05, 3.63) is 76.3 Å². The van der Waals surface area contributed by atoms with E-state index in [0.29, 0.717) is 39.7 Å². The molecular formula is C21H20F2N2OS2. The quantitative estimate of drug-likeness (QED) is 0.450. The minimum absolute atomic E-state index is 0.190. The molecule has 3 rings (SSSR count). The minimum atomic E-state index is -2.42. The molecule has 0 aliphatic rings. The summed E-state index contributed by atoms with van der Waals surface area (Å²) in [6.07, 6.45) is 2.36. The van der Waals surface area contributed by atoms with Gasteiger partial charge in [0.25, 0.3) is 11.7 Å². The van der Waals surface area contributed by atoms with Gasteiger partial charge in [0.15, 0.2) is 5.13 Å². The Morgan fingerprint density at radius 1 is 1.11 bits per heavy atom. The van der Waals surface area contributed by atoms with E-state index < -0.39 is 5.76 Å². The number of amides is 1. The van der Waals surface area contributed by atoms with Gasteiger partial charge >= 0.3 is 0 Å². The summed E-state index contributed by atoms with van der Waals surface area (Å²) in [6.45, 7) is 4.22. The van der Waals surface area contributed by atoms with Gasteiger partial charge in [-0.2, -0.15) is 8.78 Å². The van der Waals surface area contributed by atoms with Crippen molar-refractivity contribution in [1.82, 2.24) is 4.98 Å². The Morgan fingerprint density at radius 2 is 1.79 bits per heavy atom. The summed E-state index contributed by atoms with van der Waals surface area (Å²) >= 11 is 1.94. The lowest BCUT2D eigenvalue weighted by atomic mass is 10.0. The lowest BCUT2D eigenvalue weighted by molar-refractivity contribution is 0.102. The van der Waals surface area contributed by atoms with Crippen LogP contribution in [0.2, 0.25) is 0 Å². The number of thiazole rings is 1. The summed E-state index contributed by atoms with van der Waals surface area (Å²) in [6, 6.07) is 14.6. The molecule has 3 nitrogen and oxygen atoms in total. The molecule has 0 atom stereocenters. The first-order valence-electron chi connectivity index (χ1n) is 8.80. The molecule has 0 fully saturated rings. The van der Waals surface area contributed by atoms with Crippen molar-refractivity contribution in [1.29, 1.82) is 0 Å². The van der Waals surface area contributed by atoms with Gasteiger partial charge in [0, 0.05) is 28.0 Å². The number of thioether (sulfide) groups is 1. The summed E-state index contributed by atoms with van der Waals surface area (Å²) in [7, 11) is 0. The topological polar surface area (TPSA) is 42.0 Å². The van der Waals surface area contributed by atoms with Crippen LogP contribution in [0.15, 0.2) is 59.6 Å². The van der Waals surface area contributed by atoms with Gasteiger partial charge in [-0.3, -0.25) is 10.1 Å². The summed E-state index contributed by atoms with van der Waals surface area (Å²) < 4.78 is 24.7. The van der Waals surface area contributed by atoms with Crippen LogP contribution in [0.3, 0.4) is 0 Å². The van der Waals surface area contributed by atoms with Crippen LogP contribution >= 0.6 is 23.1 Å². The van der Waals surface area contributed by atoms with E-state index in [2.05, 4.69) is 24.1 Å². The zero-order chi connectivity index (χ0) is 20.1. The van der Waals surface area contributed by atoms with Gasteiger partial charge in [0.1, 0.15) is 0 Å². The second kappa shape index (κ2) is 9.30. The third kappa shape index (κ3) is 5.62. The number of anilines is 1. The third-order valence-corrected chi connectivity index (χ3v) is 5.78. The Balaban J connectivity index is 1.59. The summed E-state index contributed by atoms with van der Waals surface area (Å²) in [5.74, 6) is -2.19. The molecule has 1 aromatic heterocycles. The lowest BCUT2D eigenvalue weighted by Gasteiger charge is -2.06. The Labute approximate surface area is 171 Å². The highest BCUT2D eigenvalue weighted by Gasteiger charge is 2.11. The fraction of sp³-hybridized carbons (Fsp3) is 0.238. The number of halogens is 2. The first kappa shape index (κ1) is 20.5. The Bertz CT molecular complexity index is 922. The molecule has 0 saturated carbocycles. The van der Waals surface area contributed by atoms with Crippen LogP contribution in [-0.2, 0) is 6.42 Å². The average Bonchev–Trinajstić information content (AvgIpc) is 3.09. The fourth-order valence-electron chi connectivity index (χ4n) is 2.63. The zero-order valence-corrected chi connectivity index (χ0v) is 17.1.